The van der Waals surface area contributed by atoms with Gasteiger partial charge in [0.15, 0.2) is 0 Å². The Morgan fingerprint density at radius 3 is 2.96 bits per heavy atom. The summed E-state index contributed by atoms with van der Waals surface area (Å²) in [5.74, 6) is 0.480. The first-order valence-electron chi connectivity index (χ1n) is 7.83. The van der Waals surface area contributed by atoms with Gasteiger partial charge in [-0.05, 0) is 44.5 Å². The van der Waals surface area contributed by atoms with Gasteiger partial charge in [-0.3, -0.25) is 4.79 Å². The van der Waals surface area contributed by atoms with Crippen molar-refractivity contribution in [2.45, 2.75) is 12.8 Å². The van der Waals surface area contributed by atoms with E-state index in [1.54, 1.807) is 12.1 Å². The molecule has 6 heteroatoms. The van der Waals surface area contributed by atoms with Gasteiger partial charge < -0.3 is 14.7 Å². The van der Waals surface area contributed by atoms with Gasteiger partial charge >= 0.3 is 0 Å². The van der Waals surface area contributed by atoms with Crippen LogP contribution in [0.15, 0.2) is 35.1 Å². The molecule has 23 heavy (non-hydrogen) atoms. The Balaban J connectivity index is 1.80. The first-order valence-corrected chi connectivity index (χ1v) is 8.21. The van der Waals surface area contributed by atoms with Crippen molar-refractivity contribution >= 4 is 17.5 Å². The van der Waals surface area contributed by atoms with Gasteiger partial charge in [0.1, 0.15) is 17.5 Å². The molecule has 0 radical (unpaired) electrons. The minimum absolute atomic E-state index is 0.0167. The second-order valence-corrected chi connectivity index (χ2v) is 6.34. The van der Waals surface area contributed by atoms with Gasteiger partial charge in [0.05, 0.1) is 0 Å². The van der Waals surface area contributed by atoms with Gasteiger partial charge in [-0.1, -0.05) is 28.9 Å². The standard InChI is InChI=1S/C17H20ClN3O2/c1-19-9-12-3-2-8-21(10-12)17(22)15-11-23-20-16(15)13-4-6-14(18)7-5-13/h4-7,11-12,19H,2-3,8-10H2,1H3/t12-/m0/s1. The summed E-state index contributed by atoms with van der Waals surface area (Å²) in [6.45, 7) is 2.48. The minimum Gasteiger partial charge on any atom is -0.363 e. The second-order valence-electron chi connectivity index (χ2n) is 5.90. The first kappa shape index (κ1) is 16.0. The van der Waals surface area contributed by atoms with E-state index in [2.05, 4.69) is 10.5 Å². The fourth-order valence-electron chi connectivity index (χ4n) is 3.08. The number of carbonyl (C=O) groups excluding carboxylic acids is 1. The zero-order chi connectivity index (χ0) is 16.2. The van der Waals surface area contributed by atoms with Crippen LogP contribution in [-0.2, 0) is 0 Å². The highest BCUT2D eigenvalue weighted by Crippen LogP contribution is 2.26. The molecule has 122 valence electrons. The van der Waals surface area contributed by atoms with Crippen LogP contribution in [0.4, 0.5) is 0 Å². The van der Waals surface area contributed by atoms with Gasteiger partial charge in [0.2, 0.25) is 0 Å². The molecule has 1 saturated heterocycles. The Morgan fingerprint density at radius 2 is 2.22 bits per heavy atom. The quantitative estimate of drug-likeness (QED) is 0.934. The number of aromatic nitrogens is 1. The highest BCUT2D eigenvalue weighted by molar-refractivity contribution is 6.30. The monoisotopic (exact) mass is 333 g/mol. The molecular formula is C17H20ClN3O2. The van der Waals surface area contributed by atoms with E-state index in [1.807, 2.05) is 24.1 Å². The maximum atomic E-state index is 12.9. The van der Waals surface area contributed by atoms with Gasteiger partial charge in [0.25, 0.3) is 5.91 Å². The Labute approximate surface area is 140 Å². The lowest BCUT2D eigenvalue weighted by atomic mass is 9.97. The third-order valence-electron chi connectivity index (χ3n) is 4.22. The molecule has 2 aromatic rings. The van der Waals surface area contributed by atoms with Crippen LogP contribution < -0.4 is 5.32 Å². The van der Waals surface area contributed by atoms with Gasteiger partial charge in [-0.2, -0.15) is 0 Å². The maximum absolute atomic E-state index is 12.9. The number of halogens is 1. The number of carbonyl (C=O) groups is 1. The Kier molecular flexibility index (Phi) is 4.98. The van der Waals surface area contributed by atoms with Crippen LogP contribution in [0, 0.1) is 5.92 Å². The van der Waals surface area contributed by atoms with Crippen LogP contribution in [0.1, 0.15) is 23.2 Å². The summed E-state index contributed by atoms with van der Waals surface area (Å²) in [6, 6.07) is 7.25. The van der Waals surface area contributed by atoms with E-state index in [0.29, 0.717) is 22.2 Å². The van der Waals surface area contributed by atoms with Crippen LogP contribution in [0.25, 0.3) is 11.3 Å². The molecule has 0 unspecified atom stereocenters. The molecule has 1 aliphatic heterocycles. The van der Waals surface area contributed by atoms with E-state index < -0.39 is 0 Å². The zero-order valence-corrected chi connectivity index (χ0v) is 13.8. The minimum atomic E-state index is -0.0167. The van der Waals surface area contributed by atoms with Gasteiger partial charge in [0, 0.05) is 23.7 Å². The number of piperidine rings is 1. The summed E-state index contributed by atoms with van der Waals surface area (Å²) in [5, 5.41) is 7.85. The van der Waals surface area contributed by atoms with Crippen molar-refractivity contribution in [1.82, 2.24) is 15.4 Å². The highest BCUT2D eigenvalue weighted by atomic mass is 35.5. The molecule has 1 atom stereocenters. The fraction of sp³-hybridized carbons (Fsp3) is 0.412. The molecule has 3 rings (SSSR count). The number of benzene rings is 1. The lowest BCUT2D eigenvalue weighted by Gasteiger charge is -2.32. The average molecular weight is 334 g/mol. The summed E-state index contributed by atoms with van der Waals surface area (Å²) in [7, 11) is 1.94. The normalized spacial score (nSPS) is 18.2. The molecule has 1 N–H and O–H groups in total. The number of nitrogens with one attached hydrogen (secondary N) is 1. The molecule has 0 saturated carbocycles. The van der Waals surface area contributed by atoms with Gasteiger partial charge in [-0.25, -0.2) is 0 Å². The van der Waals surface area contributed by atoms with Crippen molar-refractivity contribution in [2.75, 3.05) is 26.7 Å². The summed E-state index contributed by atoms with van der Waals surface area (Å²) >= 11 is 5.92. The van der Waals surface area contributed by atoms with Crippen molar-refractivity contribution in [3.05, 3.63) is 41.1 Å². The van der Waals surface area contributed by atoms with Crippen molar-refractivity contribution < 1.29 is 9.32 Å². The SMILES string of the molecule is CNC[C@@H]1CCCN(C(=O)c2conc2-c2ccc(Cl)cc2)C1. The van der Waals surface area contributed by atoms with Crippen molar-refractivity contribution in [2.24, 2.45) is 5.92 Å². The lowest BCUT2D eigenvalue weighted by molar-refractivity contribution is 0.0674. The number of nitrogens with zero attached hydrogens (tertiary/aromatic N) is 2. The topological polar surface area (TPSA) is 58.4 Å². The molecule has 1 aliphatic rings. The average Bonchev–Trinajstić information content (AvgIpc) is 3.05. The summed E-state index contributed by atoms with van der Waals surface area (Å²) < 4.78 is 5.07. The van der Waals surface area contributed by atoms with Crippen LogP contribution in [-0.4, -0.2) is 42.6 Å². The fourth-order valence-corrected chi connectivity index (χ4v) is 3.21. The third kappa shape index (κ3) is 3.57. The predicted octanol–water partition coefficient (Wildman–Crippen LogP) is 3.07. The highest BCUT2D eigenvalue weighted by Gasteiger charge is 2.27. The van der Waals surface area contributed by atoms with E-state index in [0.717, 1.165) is 38.0 Å². The van der Waals surface area contributed by atoms with Crippen molar-refractivity contribution in [3.8, 4) is 11.3 Å². The van der Waals surface area contributed by atoms with Crippen LogP contribution in [0.3, 0.4) is 0 Å². The largest absolute Gasteiger partial charge is 0.363 e. The molecule has 1 fully saturated rings. The molecule has 1 aromatic carbocycles. The molecule has 2 heterocycles. The van der Waals surface area contributed by atoms with E-state index in [-0.39, 0.29) is 5.91 Å². The molecule has 5 nitrogen and oxygen atoms in total. The number of hydrogen-bond acceptors (Lipinski definition) is 4. The summed E-state index contributed by atoms with van der Waals surface area (Å²) in [6.07, 6.45) is 3.62. The number of hydrogen-bond donors (Lipinski definition) is 1. The molecule has 0 aliphatic carbocycles. The smallest absolute Gasteiger partial charge is 0.259 e. The van der Waals surface area contributed by atoms with E-state index in [4.69, 9.17) is 16.1 Å². The van der Waals surface area contributed by atoms with Crippen LogP contribution >= 0.6 is 11.6 Å². The van der Waals surface area contributed by atoms with Crippen LogP contribution in [0.2, 0.25) is 5.02 Å². The molecule has 1 aromatic heterocycles. The maximum Gasteiger partial charge on any atom is 0.259 e. The molecular weight excluding hydrogens is 314 g/mol. The Morgan fingerprint density at radius 1 is 1.43 bits per heavy atom. The van der Waals surface area contributed by atoms with E-state index >= 15 is 0 Å². The molecule has 1 amide bonds. The zero-order valence-electron chi connectivity index (χ0n) is 13.1. The first-order chi connectivity index (χ1) is 11.2. The molecule has 0 bridgehead atoms. The van der Waals surface area contributed by atoms with Crippen molar-refractivity contribution in [1.29, 1.82) is 0 Å². The number of amides is 1. The lowest BCUT2D eigenvalue weighted by Crippen LogP contribution is -2.42. The predicted molar refractivity (Wildman–Crippen MR) is 89.5 cm³/mol. The number of rotatable bonds is 4. The van der Waals surface area contributed by atoms with Gasteiger partial charge in [-0.15, -0.1) is 0 Å². The Bertz CT molecular complexity index is 667. The van der Waals surface area contributed by atoms with Crippen LogP contribution in [0.5, 0.6) is 0 Å². The number of likely N-dealkylation sites (tertiary alicyclic amines) is 1. The summed E-state index contributed by atoms with van der Waals surface area (Å²) in [5.41, 5.74) is 1.91. The van der Waals surface area contributed by atoms with E-state index in [1.165, 1.54) is 6.26 Å². The molecule has 0 spiro atoms. The third-order valence-corrected chi connectivity index (χ3v) is 4.47. The van der Waals surface area contributed by atoms with E-state index in [9.17, 15) is 4.79 Å². The summed E-state index contributed by atoms with van der Waals surface area (Å²) in [4.78, 5) is 14.8. The Hall–Kier alpha value is -1.85. The second kappa shape index (κ2) is 7.15. The van der Waals surface area contributed by atoms with Crippen molar-refractivity contribution in [3.63, 3.8) is 0 Å².